The SMILES string of the molecule is CNC1CCN(Cc2c(Cl)cccc2OC)C1.Cl. The molecule has 18 heavy (non-hydrogen) atoms. The van der Waals surface area contributed by atoms with Gasteiger partial charge < -0.3 is 10.1 Å². The van der Waals surface area contributed by atoms with E-state index >= 15 is 0 Å². The summed E-state index contributed by atoms with van der Waals surface area (Å²) >= 11 is 6.23. The molecule has 1 heterocycles. The van der Waals surface area contributed by atoms with Crippen LogP contribution >= 0.6 is 24.0 Å². The summed E-state index contributed by atoms with van der Waals surface area (Å²) < 4.78 is 5.36. The van der Waals surface area contributed by atoms with E-state index in [-0.39, 0.29) is 12.4 Å². The van der Waals surface area contributed by atoms with Gasteiger partial charge in [-0.05, 0) is 25.6 Å². The van der Waals surface area contributed by atoms with E-state index in [4.69, 9.17) is 16.3 Å². The van der Waals surface area contributed by atoms with Crippen LogP contribution in [0.25, 0.3) is 0 Å². The molecule has 102 valence electrons. The van der Waals surface area contributed by atoms with Crippen molar-refractivity contribution in [2.24, 2.45) is 0 Å². The molecule has 1 aliphatic heterocycles. The lowest BCUT2D eigenvalue weighted by Crippen LogP contribution is -2.29. The molecule has 0 aliphatic carbocycles. The Morgan fingerprint density at radius 3 is 2.89 bits per heavy atom. The Kier molecular flexibility index (Phi) is 6.22. The van der Waals surface area contributed by atoms with Crippen molar-refractivity contribution >= 4 is 24.0 Å². The number of nitrogens with zero attached hydrogens (tertiary/aromatic N) is 1. The van der Waals surface area contributed by atoms with Crippen LogP contribution in [0, 0.1) is 0 Å². The van der Waals surface area contributed by atoms with Gasteiger partial charge >= 0.3 is 0 Å². The number of rotatable bonds is 4. The van der Waals surface area contributed by atoms with E-state index in [0.29, 0.717) is 6.04 Å². The lowest BCUT2D eigenvalue weighted by atomic mass is 10.2. The zero-order valence-electron chi connectivity index (χ0n) is 10.8. The van der Waals surface area contributed by atoms with Gasteiger partial charge in [0.1, 0.15) is 5.75 Å². The number of likely N-dealkylation sites (N-methyl/N-ethyl adjacent to an activating group) is 1. The molecule has 0 spiro atoms. The molecule has 2 rings (SSSR count). The van der Waals surface area contributed by atoms with Crippen molar-refractivity contribution in [1.29, 1.82) is 0 Å². The smallest absolute Gasteiger partial charge is 0.124 e. The predicted molar refractivity (Wildman–Crippen MR) is 78.0 cm³/mol. The quantitative estimate of drug-likeness (QED) is 0.922. The fraction of sp³-hybridized carbons (Fsp3) is 0.538. The van der Waals surface area contributed by atoms with Gasteiger partial charge in [0.15, 0.2) is 0 Å². The van der Waals surface area contributed by atoms with Gasteiger partial charge in [0.05, 0.1) is 7.11 Å². The molecule has 1 fully saturated rings. The van der Waals surface area contributed by atoms with E-state index in [1.807, 2.05) is 25.2 Å². The minimum absolute atomic E-state index is 0. The lowest BCUT2D eigenvalue weighted by molar-refractivity contribution is 0.313. The van der Waals surface area contributed by atoms with Gasteiger partial charge in [-0.1, -0.05) is 17.7 Å². The highest BCUT2D eigenvalue weighted by Gasteiger charge is 2.22. The highest BCUT2D eigenvalue weighted by molar-refractivity contribution is 6.31. The Hall–Kier alpha value is -0.480. The molecular weight excluding hydrogens is 271 g/mol. The summed E-state index contributed by atoms with van der Waals surface area (Å²) in [5, 5.41) is 4.11. The van der Waals surface area contributed by atoms with Gasteiger partial charge in [0, 0.05) is 36.3 Å². The Labute approximate surface area is 120 Å². The summed E-state index contributed by atoms with van der Waals surface area (Å²) in [4.78, 5) is 2.41. The van der Waals surface area contributed by atoms with E-state index in [1.54, 1.807) is 7.11 Å². The summed E-state index contributed by atoms with van der Waals surface area (Å²) in [6.07, 6.45) is 1.20. The Morgan fingerprint density at radius 2 is 2.28 bits per heavy atom. The first-order valence-electron chi connectivity index (χ1n) is 5.95. The maximum Gasteiger partial charge on any atom is 0.124 e. The summed E-state index contributed by atoms with van der Waals surface area (Å²) in [7, 11) is 3.71. The summed E-state index contributed by atoms with van der Waals surface area (Å²) in [5.41, 5.74) is 1.09. The third-order valence-electron chi connectivity index (χ3n) is 3.36. The largest absolute Gasteiger partial charge is 0.496 e. The van der Waals surface area contributed by atoms with Gasteiger partial charge in [0.2, 0.25) is 0 Å². The standard InChI is InChI=1S/C13H19ClN2O.ClH/c1-15-10-6-7-16(8-10)9-11-12(14)4-3-5-13(11)17-2;/h3-5,10,15H,6-9H2,1-2H3;1H. The molecule has 3 nitrogen and oxygen atoms in total. The number of nitrogens with one attached hydrogen (secondary N) is 1. The Balaban J connectivity index is 0.00000162. The molecule has 0 bridgehead atoms. The van der Waals surface area contributed by atoms with E-state index in [9.17, 15) is 0 Å². The molecule has 1 N–H and O–H groups in total. The first kappa shape index (κ1) is 15.6. The van der Waals surface area contributed by atoms with Gasteiger partial charge in [-0.3, -0.25) is 4.90 Å². The van der Waals surface area contributed by atoms with Crippen LogP contribution in [0.1, 0.15) is 12.0 Å². The molecule has 1 aromatic carbocycles. The molecule has 0 amide bonds. The lowest BCUT2D eigenvalue weighted by Gasteiger charge is -2.18. The van der Waals surface area contributed by atoms with Crippen molar-refractivity contribution in [3.8, 4) is 5.75 Å². The summed E-state index contributed by atoms with van der Waals surface area (Å²) in [6, 6.07) is 6.41. The molecule has 0 saturated carbocycles. The summed E-state index contributed by atoms with van der Waals surface area (Å²) in [6.45, 7) is 3.05. The number of methoxy groups -OCH3 is 1. The minimum atomic E-state index is 0. The molecule has 1 unspecified atom stereocenters. The molecule has 1 atom stereocenters. The maximum atomic E-state index is 6.23. The van der Waals surface area contributed by atoms with Crippen molar-refractivity contribution in [2.45, 2.75) is 19.0 Å². The topological polar surface area (TPSA) is 24.5 Å². The molecule has 1 saturated heterocycles. The van der Waals surface area contributed by atoms with Crippen LogP contribution in [0.5, 0.6) is 5.75 Å². The van der Waals surface area contributed by atoms with Crippen LogP contribution in [-0.2, 0) is 6.54 Å². The fourth-order valence-electron chi connectivity index (χ4n) is 2.32. The molecule has 1 aromatic rings. The van der Waals surface area contributed by atoms with Crippen LogP contribution in [0.4, 0.5) is 0 Å². The van der Waals surface area contributed by atoms with E-state index in [0.717, 1.165) is 36.0 Å². The second-order valence-electron chi connectivity index (χ2n) is 4.43. The number of hydrogen-bond donors (Lipinski definition) is 1. The van der Waals surface area contributed by atoms with Gasteiger partial charge in [-0.15, -0.1) is 12.4 Å². The number of hydrogen-bond acceptors (Lipinski definition) is 3. The first-order chi connectivity index (χ1) is 8.24. The number of benzene rings is 1. The third kappa shape index (κ3) is 3.51. The highest BCUT2D eigenvalue weighted by atomic mass is 35.5. The van der Waals surface area contributed by atoms with Crippen molar-refractivity contribution in [3.05, 3.63) is 28.8 Å². The van der Waals surface area contributed by atoms with Gasteiger partial charge in [0.25, 0.3) is 0 Å². The van der Waals surface area contributed by atoms with Crippen LogP contribution in [0.2, 0.25) is 5.02 Å². The van der Waals surface area contributed by atoms with Crippen molar-refractivity contribution < 1.29 is 4.74 Å². The van der Waals surface area contributed by atoms with Gasteiger partial charge in [-0.25, -0.2) is 0 Å². The first-order valence-corrected chi connectivity index (χ1v) is 6.33. The maximum absolute atomic E-state index is 6.23. The van der Waals surface area contributed by atoms with Gasteiger partial charge in [-0.2, -0.15) is 0 Å². The van der Waals surface area contributed by atoms with Crippen LogP contribution in [0.3, 0.4) is 0 Å². The van der Waals surface area contributed by atoms with Crippen LogP contribution in [-0.4, -0.2) is 38.2 Å². The number of halogens is 2. The molecule has 0 radical (unpaired) electrons. The zero-order valence-corrected chi connectivity index (χ0v) is 12.4. The number of ether oxygens (including phenoxy) is 1. The second kappa shape index (κ2) is 7.19. The van der Waals surface area contributed by atoms with Crippen LogP contribution in [0.15, 0.2) is 18.2 Å². The fourth-order valence-corrected chi connectivity index (χ4v) is 2.54. The normalized spacial score (nSPS) is 19.6. The van der Waals surface area contributed by atoms with Crippen molar-refractivity contribution in [3.63, 3.8) is 0 Å². The highest BCUT2D eigenvalue weighted by Crippen LogP contribution is 2.28. The second-order valence-corrected chi connectivity index (χ2v) is 4.84. The zero-order chi connectivity index (χ0) is 12.3. The summed E-state index contributed by atoms with van der Waals surface area (Å²) in [5.74, 6) is 0.880. The monoisotopic (exact) mass is 290 g/mol. The molecule has 5 heteroatoms. The van der Waals surface area contributed by atoms with E-state index in [2.05, 4.69) is 10.2 Å². The van der Waals surface area contributed by atoms with Crippen molar-refractivity contribution in [1.82, 2.24) is 10.2 Å². The average Bonchev–Trinajstić information content (AvgIpc) is 2.79. The predicted octanol–water partition coefficient (Wildman–Crippen LogP) is 2.56. The van der Waals surface area contributed by atoms with Crippen molar-refractivity contribution in [2.75, 3.05) is 27.2 Å². The third-order valence-corrected chi connectivity index (χ3v) is 3.71. The average molecular weight is 291 g/mol. The molecular formula is C13H20Cl2N2O. The van der Waals surface area contributed by atoms with Crippen LogP contribution < -0.4 is 10.1 Å². The minimum Gasteiger partial charge on any atom is -0.496 e. The molecule has 1 aliphatic rings. The van der Waals surface area contributed by atoms with E-state index in [1.165, 1.54) is 6.42 Å². The Morgan fingerprint density at radius 1 is 1.50 bits per heavy atom. The molecule has 0 aromatic heterocycles. The van der Waals surface area contributed by atoms with E-state index < -0.39 is 0 Å². The number of likely N-dealkylation sites (tertiary alicyclic amines) is 1. The Bertz CT molecular complexity index is 387.